The molecular weight excluding hydrogens is 356 g/mol. The van der Waals surface area contributed by atoms with Gasteiger partial charge < -0.3 is 5.11 Å². The van der Waals surface area contributed by atoms with Gasteiger partial charge in [-0.15, -0.1) is 5.76 Å². The summed E-state index contributed by atoms with van der Waals surface area (Å²) in [5, 5.41) is 17.2. The summed E-state index contributed by atoms with van der Waals surface area (Å²) < 4.78 is 2.22. The molecule has 3 rings (SSSR count). The van der Waals surface area contributed by atoms with Crippen molar-refractivity contribution in [1.29, 1.82) is 0 Å². The molecule has 1 aliphatic heterocycles. The maximum atomic E-state index is 11.3. The minimum Gasteiger partial charge on any atom is -0.875 e. The van der Waals surface area contributed by atoms with E-state index in [9.17, 15) is 5.11 Å². The minimum absolute atomic E-state index is 0.0397. The number of aliphatic imine (C=N–C) groups is 2. The quantitative estimate of drug-likeness (QED) is 0.668. The van der Waals surface area contributed by atoms with Gasteiger partial charge in [0.25, 0.3) is 5.84 Å². The molecular formula is C17H13BrN4O. The normalized spacial score (nSPS) is 15.7. The van der Waals surface area contributed by atoms with Crippen LogP contribution in [-0.4, -0.2) is 16.7 Å². The fourth-order valence-corrected chi connectivity index (χ4v) is 2.38. The molecule has 0 saturated carbocycles. The maximum Gasteiger partial charge on any atom is 0.253 e. The van der Waals surface area contributed by atoms with Gasteiger partial charge in [-0.25, -0.2) is 9.98 Å². The molecule has 0 amide bonds. The summed E-state index contributed by atoms with van der Waals surface area (Å²) in [5.74, 6) is 0.531. The molecule has 6 heteroatoms. The summed E-state index contributed by atoms with van der Waals surface area (Å²) in [7, 11) is 0. The second-order valence-corrected chi connectivity index (χ2v) is 5.61. The topological polar surface area (TPSA) is 64.0 Å². The summed E-state index contributed by atoms with van der Waals surface area (Å²) in [6.07, 6.45) is 5.31. The number of halogens is 1. The maximum absolute atomic E-state index is 11.3. The Kier molecular flexibility index (Phi) is 4.43. The van der Waals surface area contributed by atoms with Crippen molar-refractivity contribution in [1.82, 2.24) is 0 Å². The van der Waals surface area contributed by atoms with Crippen molar-refractivity contribution in [2.24, 2.45) is 15.1 Å². The Bertz CT molecular complexity index is 919. The lowest BCUT2D eigenvalue weighted by atomic mass is 10.2. The number of nitrogens with zero attached hydrogens (tertiary/aromatic N) is 4. The number of aromatic nitrogens is 1. The van der Waals surface area contributed by atoms with E-state index in [4.69, 9.17) is 0 Å². The number of amidine groups is 1. The van der Waals surface area contributed by atoms with Crippen LogP contribution in [0, 0.1) is 0 Å². The number of benzene rings is 1. The van der Waals surface area contributed by atoms with Crippen molar-refractivity contribution in [3.8, 4) is 0 Å². The minimum atomic E-state index is 0.0397. The molecule has 114 valence electrons. The van der Waals surface area contributed by atoms with Crippen LogP contribution in [0.5, 0.6) is 0 Å². The lowest BCUT2D eigenvalue weighted by Gasteiger charge is -2.05. The van der Waals surface area contributed by atoms with E-state index in [0.717, 1.165) is 5.22 Å². The molecule has 0 radical (unpaired) electrons. The van der Waals surface area contributed by atoms with Crippen LogP contribution in [0.3, 0.4) is 0 Å². The number of pyridine rings is 1. The van der Waals surface area contributed by atoms with E-state index in [-0.39, 0.29) is 5.76 Å². The van der Waals surface area contributed by atoms with Gasteiger partial charge in [-0.3, -0.25) is 0 Å². The van der Waals surface area contributed by atoms with Crippen LogP contribution in [-0.2, 0) is 0 Å². The predicted octanol–water partition coefficient (Wildman–Crippen LogP) is 0.310. The van der Waals surface area contributed by atoms with Gasteiger partial charge in [0.1, 0.15) is 0 Å². The number of hydrogen-bond donors (Lipinski definition) is 0. The van der Waals surface area contributed by atoms with E-state index in [1.807, 2.05) is 42.7 Å². The Balaban J connectivity index is 1.99. The SMILES string of the molecule is CC([O-])=c1ccc(=C2C=N/C(=N\[n+]3ccccc3)C(Br)=N2)cc1. The van der Waals surface area contributed by atoms with Crippen LogP contribution in [0.4, 0.5) is 0 Å². The highest BCUT2D eigenvalue weighted by Gasteiger charge is 2.14. The predicted molar refractivity (Wildman–Crippen MR) is 92.5 cm³/mol. The van der Waals surface area contributed by atoms with Gasteiger partial charge in [0.2, 0.25) is 12.4 Å². The van der Waals surface area contributed by atoms with E-state index in [1.165, 1.54) is 0 Å². The second-order valence-electron chi connectivity index (χ2n) is 4.86. The van der Waals surface area contributed by atoms with Gasteiger partial charge in [-0.1, -0.05) is 41.9 Å². The Hall–Kier alpha value is -2.60. The summed E-state index contributed by atoms with van der Waals surface area (Å²) >= 11 is 3.40. The van der Waals surface area contributed by atoms with Crippen LogP contribution in [0.15, 0.2) is 69.9 Å². The first-order valence-electron chi connectivity index (χ1n) is 6.96. The van der Waals surface area contributed by atoms with Crippen LogP contribution < -0.4 is 20.2 Å². The Morgan fingerprint density at radius 2 is 1.83 bits per heavy atom. The van der Waals surface area contributed by atoms with Crippen molar-refractivity contribution >= 4 is 44.1 Å². The summed E-state index contributed by atoms with van der Waals surface area (Å²) in [6.45, 7) is 1.54. The molecule has 2 heterocycles. The summed E-state index contributed by atoms with van der Waals surface area (Å²) in [6, 6.07) is 13.0. The molecule has 23 heavy (non-hydrogen) atoms. The summed E-state index contributed by atoms with van der Waals surface area (Å²) in [4.78, 5) is 8.82. The Morgan fingerprint density at radius 1 is 1.13 bits per heavy atom. The molecule has 0 N–H and O–H groups in total. The molecule has 1 aromatic heterocycles. The highest BCUT2D eigenvalue weighted by atomic mass is 79.9. The third-order valence-electron chi connectivity index (χ3n) is 3.21. The second kappa shape index (κ2) is 6.66. The van der Waals surface area contributed by atoms with Gasteiger partial charge in [0.15, 0.2) is 4.62 Å². The number of rotatable bonds is 1. The van der Waals surface area contributed by atoms with Crippen LogP contribution in [0.1, 0.15) is 6.92 Å². The van der Waals surface area contributed by atoms with Gasteiger partial charge in [0, 0.05) is 22.5 Å². The molecule has 2 aromatic rings. The molecule has 1 aliphatic rings. The molecule has 0 bridgehead atoms. The van der Waals surface area contributed by atoms with E-state index in [0.29, 0.717) is 21.4 Å². The highest BCUT2D eigenvalue weighted by molar-refractivity contribution is 9.19. The van der Waals surface area contributed by atoms with Crippen LogP contribution in [0.25, 0.3) is 11.5 Å². The van der Waals surface area contributed by atoms with E-state index in [2.05, 4.69) is 31.0 Å². The zero-order valence-corrected chi connectivity index (χ0v) is 13.9. The average Bonchev–Trinajstić information content (AvgIpc) is 2.58. The lowest BCUT2D eigenvalue weighted by molar-refractivity contribution is -0.678. The third kappa shape index (κ3) is 3.60. The summed E-state index contributed by atoms with van der Waals surface area (Å²) in [5.41, 5.74) is 0.712. The molecule has 0 aliphatic carbocycles. The van der Waals surface area contributed by atoms with Gasteiger partial charge in [-0.2, -0.15) is 0 Å². The first kappa shape index (κ1) is 15.3. The first-order chi connectivity index (χ1) is 11.1. The Morgan fingerprint density at radius 3 is 2.43 bits per heavy atom. The highest BCUT2D eigenvalue weighted by Crippen LogP contribution is 2.07. The van der Waals surface area contributed by atoms with Crippen molar-refractivity contribution in [3.05, 3.63) is 65.3 Å². The average molecular weight is 369 g/mol. The molecule has 1 aromatic carbocycles. The fourth-order valence-electron chi connectivity index (χ4n) is 2.01. The number of hydrogen-bond acceptors (Lipinski definition) is 3. The fraction of sp³-hybridized carbons (Fsp3) is 0.0588. The molecule has 0 unspecified atom stereocenters. The monoisotopic (exact) mass is 368 g/mol. The van der Waals surface area contributed by atoms with Gasteiger partial charge >= 0.3 is 0 Å². The van der Waals surface area contributed by atoms with Crippen molar-refractivity contribution in [2.75, 3.05) is 0 Å². The molecule has 0 saturated heterocycles. The van der Waals surface area contributed by atoms with Crippen LogP contribution >= 0.6 is 15.9 Å². The largest absolute Gasteiger partial charge is 0.875 e. The zero-order chi connectivity index (χ0) is 16.2. The lowest BCUT2D eigenvalue weighted by Crippen LogP contribution is -2.30. The van der Waals surface area contributed by atoms with E-state index >= 15 is 0 Å². The molecule has 0 spiro atoms. The Labute approximate surface area is 141 Å². The van der Waals surface area contributed by atoms with E-state index < -0.39 is 0 Å². The van der Waals surface area contributed by atoms with E-state index in [1.54, 1.807) is 29.9 Å². The van der Waals surface area contributed by atoms with Gasteiger partial charge in [0.05, 0.1) is 11.9 Å². The van der Waals surface area contributed by atoms with Crippen molar-refractivity contribution < 1.29 is 9.78 Å². The smallest absolute Gasteiger partial charge is 0.253 e. The third-order valence-corrected chi connectivity index (χ3v) is 3.74. The van der Waals surface area contributed by atoms with Crippen molar-refractivity contribution in [2.45, 2.75) is 6.92 Å². The molecule has 0 atom stereocenters. The standard InChI is InChI=1S/C17H13BrN4O/c1-12(23)13-5-7-14(8-6-13)15-11-19-17(16(18)20-15)21-22-9-3-2-4-10-22/h2-11H,1H3. The molecule has 0 fully saturated rings. The van der Waals surface area contributed by atoms with Gasteiger partial charge in [-0.05, 0) is 21.1 Å². The van der Waals surface area contributed by atoms with Crippen LogP contribution in [0.2, 0.25) is 0 Å². The molecule has 5 nitrogen and oxygen atoms in total. The first-order valence-corrected chi connectivity index (χ1v) is 7.75. The van der Waals surface area contributed by atoms with Crippen molar-refractivity contribution in [3.63, 3.8) is 0 Å². The zero-order valence-electron chi connectivity index (χ0n) is 12.3.